The average Bonchev–Trinajstić information content (AvgIpc) is 2.80. The molecular formula is C10H10FN5O. The van der Waals surface area contributed by atoms with Crippen molar-refractivity contribution in [3.05, 3.63) is 41.9 Å². The predicted octanol–water partition coefficient (Wildman–Crippen LogP) is 0.809. The summed E-state index contributed by atoms with van der Waals surface area (Å²) < 4.78 is 15.2. The van der Waals surface area contributed by atoms with E-state index in [2.05, 4.69) is 15.1 Å². The molecule has 2 heterocycles. The molecule has 17 heavy (non-hydrogen) atoms. The first-order valence-corrected chi connectivity index (χ1v) is 4.78. The van der Waals surface area contributed by atoms with Gasteiger partial charge in [0.15, 0.2) is 17.5 Å². The van der Waals surface area contributed by atoms with Crippen LogP contribution in [0.5, 0.6) is 0 Å². The van der Waals surface area contributed by atoms with Gasteiger partial charge in [0, 0.05) is 6.20 Å². The highest BCUT2D eigenvalue weighted by molar-refractivity contribution is 5.96. The lowest BCUT2D eigenvalue weighted by Crippen LogP contribution is -2.18. The van der Waals surface area contributed by atoms with Crippen LogP contribution in [-0.4, -0.2) is 25.6 Å². The van der Waals surface area contributed by atoms with Crippen molar-refractivity contribution < 1.29 is 9.60 Å². The minimum Gasteiger partial charge on any atom is -0.409 e. The van der Waals surface area contributed by atoms with Crippen LogP contribution >= 0.6 is 0 Å². The number of nitrogens with zero attached hydrogens (tertiary/aromatic N) is 4. The largest absolute Gasteiger partial charge is 0.409 e. The van der Waals surface area contributed by atoms with Crippen molar-refractivity contribution in [2.24, 2.45) is 10.9 Å². The van der Waals surface area contributed by atoms with Crippen LogP contribution in [-0.2, 0) is 0 Å². The molecular weight excluding hydrogens is 225 g/mol. The average molecular weight is 235 g/mol. The standard InChI is InChI=1S/C10H10FN5O/c1-6-8(11)10(14-5-13-6)16-4-2-3-7(16)9(12)15-17/h2-5,17H,1H3,(H2,12,15). The van der Waals surface area contributed by atoms with Crippen LogP contribution in [0.2, 0.25) is 0 Å². The van der Waals surface area contributed by atoms with Gasteiger partial charge in [-0.05, 0) is 19.1 Å². The number of rotatable bonds is 2. The second-order valence-electron chi connectivity index (χ2n) is 3.35. The van der Waals surface area contributed by atoms with Crippen LogP contribution in [0.3, 0.4) is 0 Å². The molecule has 3 N–H and O–H groups in total. The molecule has 2 aromatic rings. The number of aromatic nitrogens is 3. The number of halogens is 1. The summed E-state index contributed by atoms with van der Waals surface area (Å²) in [6.45, 7) is 1.53. The van der Waals surface area contributed by atoms with E-state index in [4.69, 9.17) is 10.9 Å². The smallest absolute Gasteiger partial charge is 0.187 e. The summed E-state index contributed by atoms with van der Waals surface area (Å²) >= 11 is 0. The van der Waals surface area contributed by atoms with Crippen molar-refractivity contribution in [1.29, 1.82) is 0 Å². The maximum atomic E-state index is 13.8. The molecule has 0 bridgehead atoms. The van der Waals surface area contributed by atoms with Gasteiger partial charge >= 0.3 is 0 Å². The summed E-state index contributed by atoms with van der Waals surface area (Å²) in [7, 11) is 0. The van der Waals surface area contributed by atoms with Crippen LogP contribution in [0, 0.1) is 12.7 Å². The van der Waals surface area contributed by atoms with Gasteiger partial charge < -0.3 is 10.9 Å². The molecule has 88 valence electrons. The zero-order chi connectivity index (χ0) is 12.4. The molecule has 0 aliphatic rings. The second kappa shape index (κ2) is 4.20. The minimum absolute atomic E-state index is 0.0594. The van der Waals surface area contributed by atoms with Gasteiger partial charge in [-0.25, -0.2) is 14.4 Å². The first-order chi connectivity index (χ1) is 8.15. The summed E-state index contributed by atoms with van der Waals surface area (Å²) in [5, 5.41) is 11.5. The molecule has 0 amide bonds. The third-order valence-corrected chi connectivity index (χ3v) is 2.29. The molecule has 0 unspecified atom stereocenters. The Labute approximate surface area is 96.2 Å². The number of nitrogens with two attached hydrogens (primary N) is 1. The Bertz CT molecular complexity index is 578. The third kappa shape index (κ3) is 1.82. The second-order valence-corrected chi connectivity index (χ2v) is 3.35. The van der Waals surface area contributed by atoms with E-state index in [9.17, 15) is 4.39 Å². The van der Waals surface area contributed by atoms with Crippen molar-refractivity contribution in [1.82, 2.24) is 14.5 Å². The number of hydrogen-bond acceptors (Lipinski definition) is 4. The summed E-state index contributed by atoms with van der Waals surface area (Å²) in [5.41, 5.74) is 6.06. The Kier molecular flexibility index (Phi) is 2.73. The van der Waals surface area contributed by atoms with Gasteiger partial charge in [-0.15, -0.1) is 0 Å². The number of aryl methyl sites for hydroxylation is 1. The molecule has 2 rings (SSSR count). The number of oxime groups is 1. The number of amidine groups is 1. The van der Waals surface area contributed by atoms with Crippen LogP contribution in [0.1, 0.15) is 11.4 Å². The van der Waals surface area contributed by atoms with Crippen LogP contribution in [0.25, 0.3) is 5.82 Å². The molecule has 0 saturated carbocycles. The van der Waals surface area contributed by atoms with E-state index in [-0.39, 0.29) is 17.3 Å². The predicted molar refractivity (Wildman–Crippen MR) is 58.6 cm³/mol. The lowest BCUT2D eigenvalue weighted by Gasteiger charge is -2.08. The van der Waals surface area contributed by atoms with Crippen LogP contribution in [0.4, 0.5) is 4.39 Å². The van der Waals surface area contributed by atoms with Crippen molar-refractivity contribution in [3.63, 3.8) is 0 Å². The molecule has 7 heteroatoms. The zero-order valence-corrected chi connectivity index (χ0v) is 9.00. The third-order valence-electron chi connectivity index (χ3n) is 2.29. The first kappa shape index (κ1) is 11.1. The first-order valence-electron chi connectivity index (χ1n) is 4.78. The molecule has 0 spiro atoms. The molecule has 0 radical (unpaired) electrons. The lowest BCUT2D eigenvalue weighted by molar-refractivity contribution is 0.318. The van der Waals surface area contributed by atoms with Gasteiger partial charge in [-0.3, -0.25) is 4.57 Å². The topological polar surface area (TPSA) is 89.3 Å². The van der Waals surface area contributed by atoms with Gasteiger partial charge in [0.2, 0.25) is 0 Å². The van der Waals surface area contributed by atoms with E-state index >= 15 is 0 Å². The van der Waals surface area contributed by atoms with E-state index in [0.717, 1.165) is 0 Å². The van der Waals surface area contributed by atoms with Gasteiger partial charge in [0.05, 0.1) is 11.4 Å². The van der Waals surface area contributed by atoms with Crippen LogP contribution in [0.15, 0.2) is 29.8 Å². The fourth-order valence-electron chi connectivity index (χ4n) is 1.44. The molecule has 0 fully saturated rings. The molecule has 6 nitrogen and oxygen atoms in total. The Balaban J connectivity index is 2.62. The highest BCUT2D eigenvalue weighted by Crippen LogP contribution is 2.15. The molecule has 0 saturated heterocycles. The van der Waals surface area contributed by atoms with E-state index in [1.54, 1.807) is 18.3 Å². The summed E-state index contributed by atoms with van der Waals surface area (Å²) in [6, 6.07) is 3.23. The maximum absolute atomic E-state index is 13.8. The van der Waals surface area contributed by atoms with E-state index in [0.29, 0.717) is 5.69 Å². The summed E-state index contributed by atoms with van der Waals surface area (Å²) in [5.74, 6) is -0.606. The SMILES string of the molecule is Cc1ncnc(-n2cccc2/C(N)=N/O)c1F. The number of hydrogen-bond donors (Lipinski definition) is 2. The van der Waals surface area contributed by atoms with Gasteiger partial charge in [0.25, 0.3) is 0 Å². The Morgan fingerprint density at radius 1 is 1.53 bits per heavy atom. The van der Waals surface area contributed by atoms with Gasteiger partial charge in [-0.1, -0.05) is 5.16 Å². The fraction of sp³-hybridized carbons (Fsp3) is 0.100. The lowest BCUT2D eigenvalue weighted by atomic mass is 10.3. The Morgan fingerprint density at radius 3 is 3.00 bits per heavy atom. The van der Waals surface area contributed by atoms with Crippen molar-refractivity contribution >= 4 is 5.84 Å². The quantitative estimate of drug-likeness (QED) is 0.349. The van der Waals surface area contributed by atoms with E-state index in [1.807, 2.05) is 0 Å². The summed E-state index contributed by atoms with van der Waals surface area (Å²) in [6.07, 6.45) is 2.82. The van der Waals surface area contributed by atoms with E-state index in [1.165, 1.54) is 17.8 Å². The highest BCUT2D eigenvalue weighted by atomic mass is 19.1. The zero-order valence-electron chi connectivity index (χ0n) is 9.00. The minimum atomic E-state index is -0.546. The molecule has 2 aromatic heterocycles. The van der Waals surface area contributed by atoms with Crippen LogP contribution < -0.4 is 5.73 Å². The Hall–Kier alpha value is -2.44. The molecule has 0 aromatic carbocycles. The molecule has 0 aliphatic heterocycles. The van der Waals surface area contributed by atoms with Crippen molar-refractivity contribution in [2.45, 2.75) is 6.92 Å². The highest BCUT2D eigenvalue weighted by Gasteiger charge is 2.14. The van der Waals surface area contributed by atoms with Crippen molar-refractivity contribution in [2.75, 3.05) is 0 Å². The normalized spacial score (nSPS) is 11.8. The van der Waals surface area contributed by atoms with Gasteiger partial charge in [0.1, 0.15) is 6.33 Å². The van der Waals surface area contributed by atoms with Crippen molar-refractivity contribution in [3.8, 4) is 5.82 Å². The monoisotopic (exact) mass is 235 g/mol. The summed E-state index contributed by atoms with van der Waals surface area (Å²) in [4.78, 5) is 7.58. The molecule has 0 atom stereocenters. The fourth-order valence-corrected chi connectivity index (χ4v) is 1.44. The van der Waals surface area contributed by atoms with E-state index < -0.39 is 5.82 Å². The Morgan fingerprint density at radius 2 is 2.29 bits per heavy atom. The van der Waals surface area contributed by atoms with Gasteiger partial charge in [-0.2, -0.15) is 0 Å². The molecule has 0 aliphatic carbocycles. The maximum Gasteiger partial charge on any atom is 0.187 e.